The molecule has 0 saturated heterocycles. The smallest absolute Gasteiger partial charge is 0.0998 e. The summed E-state index contributed by atoms with van der Waals surface area (Å²) in [6.07, 6.45) is 0. The van der Waals surface area contributed by atoms with Crippen molar-refractivity contribution in [2.24, 2.45) is 0 Å². The molecule has 18 heavy (non-hydrogen) atoms. The zero-order valence-electron chi connectivity index (χ0n) is 10.7. The van der Waals surface area contributed by atoms with Crippen molar-refractivity contribution in [1.29, 1.82) is 5.26 Å². The van der Waals surface area contributed by atoms with E-state index in [0.717, 1.165) is 21.2 Å². The van der Waals surface area contributed by atoms with E-state index in [1.807, 2.05) is 24.3 Å². The zero-order chi connectivity index (χ0) is 13.3. The molecule has 0 aromatic heterocycles. The fraction of sp³-hybridized carbons (Fsp3) is 0.188. The number of aryl methyl sites for hydroxylation is 1. The van der Waals surface area contributed by atoms with E-state index in [2.05, 4.69) is 48.8 Å². The van der Waals surface area contributed by atoms with E-state index in [9.17, 15) is 5.26 Å². The lowest BCUT2D eigenvalue weighted by Gasteiger charge is -2.14. The van der Waals surface area contributed by atoms with Crippen molar-refractivity contribution in [1.82, 2.24) is 0 Å². The van der Waals surface area contributed by atoms with Gasteiger partial charge in [-0.3, -0.25) is 0 Å². The molecule has 0 bridgehead atoms. The number of nitriles is 1. The Kier molecular flexibility index (Phi) is 3.54. The van der Waals surface area contributed by atoms with Gasteiger partial charge in [-0.2, -0.15) is 5.26 Å². The highest BCUT2D eigenvalue weighted by Gasteiger charge is 2.12. The Balaban J connectivity index is 2.77. The third-order valence-corrected chi connectivity index (χ3v) is 4.56. The molecule has 0 amide bonds. The highest BCUT2D eigenvalue weighted by atomic mass is 79.9. The molecule has 0 N–H and O–H groups in total. The van der Waals surface area contributed by atoms with Gasteiger partial charge in [0.1, 0.15) is 0 Å². The Morgan fingerprint density at radius 2 is 1.67 bits per heavy atom. The van der Waals surface area contributed by atoms with Crippen LogP contribution in [0.25, 0.3) is 11.1 Å². The Morgan fingerprint density at radius 3 is 2.33 bits per heavy atom. The normalized spacial score (nSPS) is 10.2. The fourth-order valence-corrected chi connectivity index (χ4v) is 2.56. The molecule has 2 aromatic carbocycles. The molecular weight excluding hydrogens is 286 g/mol. The van der Waals surface area contributed by atoms with Gasteiger partial charge in [0, 0.05) is 4.47 Å². The van der Waals surface area contributed by atoms with Crippen LogP contribution >= 0.6 is 15.9 Å². The predicted molar refractivity (Wildman–Crippen MR) is 78.5 cm³/mol. The molecule has 0 radical (unpaired) electrons. The molecule has 0 fully saturated rings. The van der Waals surface area contributed by atoms with Gasteiger partial charge >= 0.3 is 0 Å². The summed E-state index contributed by atoms with van der Waals surface area (Å²) in [5.41, 5.74) is 6.53. The van der Waals surface area contributed by atoms with Gasteiger partial charge in [-0.25, -0.2) is 0 Å². The molecule has 0 unspecified atom stereocenters. The molecule has 0 heterocycles. The van der Waals surface area contributed by atoms with E-state index in [-0.39, 0.29) is 0 Å². The van der Waals surface area contributed by atoms with Crippen molar-refractivity contribution in [3.63, 3.8) is 0 Å². The van der Waals surface area contributed by atoms with Gasteiger partial charge in [-0.05, 0) is 60.7 Å². The van der Waals surface area contributed by atoms with Crippen molar-refractivity contribution in [3.8, 4) is 17.2 Å². The first kappa shape index (κ1) is 12.9. The van der Waals surface area contributed by atoms with Crippen LogP contribution in [0.3, 0.4) is 0 Å². The quantitative estimate of drug-likeness (QED) is 0.734. The second kappa shape index (κ2) is 4.96. The van der Waals surface area contributed by atoms with Crippen LogP contribution in [0.4, 0.5) is 0 Å². The van der Waals surface area contributed by atoms with E-state index in [0.29, 0.717) is 0 Å². The second-order valence-electron chi connectivity index (χ2n) is 4.46. The highest BCUT2D eigenvalue weighted by molar-refractivity contribution is 9.10. The van der Waals surface area contributed by atoms with Crippen molar-refractivity contribution in [2.45, 2.75) is 20.8 Å². The Bertz CT molecular complexity index is 651. The van der Waals surface area contributed by atoms with Gasteiger partial charge in [0.05, 0.1) is 11.6 Å². The van der Waals surface area contributed by atoms with E-state index < -0.39 is 0 Å². The number of halogens is 1. The Morgan fingerprint density at radius 1 is 1.00 bits per heavy atom. The minimum atomic E-state index is 0.724. The van der Waals surface area contributed by atoms with Crippen molar-refractivity contribution in [2.75, 3.05) is 0 Å². The van der Waals surface area contributed by atoms with Crippen LogP contribution in [-0.2, 0) is 0 Å². The van der Waals surface area contributed by atoms with E-state index in [4.69, 9.17) is 0 Å². The minimum Gasteiger partial charge on any atom is -0.192 e. The standard InChI is InChI=1S/C16H14BrN/c1-10-8-15(11(2)12(3)16(10)17)14-7-5-4-6-13(14)9-18/h4-8H,1-3H3. The van der Waals surface area contributed by atoms with E-state index in [1.165, 1.54) is 16.7 Å². The first-order chi connectivity index (χ1) is 8.56. The van der Waals surface area contributed by atoms with Gasteiger partial charge in [0.15, 0.2) is 0 Å². The molecule has 2 rings (SSSR count). The van der Waals surface area contributed by atoms with Crippen LogP contribution in [-0.4, -0.2) is 0 Å². The molecule has 2 heteroatoms. The van der Waals surface area contributed by atoms with Crippen LogP contribution in [0.5, 0.6) is 0 Å². The van der Waals surface area contributed by atoms with Crippen molar-refractivity contribution in [3.05, 3.63) is 57.1 Å². The number of rotatable bonds is 1. The maximum atomic E-state index is 9.20. The van der Waals surface area contributed by atoms with Gasteiger partial charge in [-0.15, -0.1) is 0 Å². The summed E-state index contributed by atoms with van der Waals surface area (Å²) in [7, 11) is 0. The van der Waals surface area contributed by atoms with Crippen molar-refractivity contribution >= 4 is 15.9 Å². The van der Waals surface area contributed by atoms with Gasteiger partial charge in [-0.1, -0.05) is 34.1 Å². The van der Waals surface area contributed by atoms with Crippen LogP contribution in [0.2, 0.25) is 0 Å². The number of benzene rings is 2. The molecule has 0 aliphatic rings. The maximum absolute atomic E-state index is 9.20. The molecule has 0 aliphatic heterocycles. The molecular formula is C16H14BrN. The highest BCUT2D eigenvalue weighted by Crippen LogP contribution is 2.34. The minimum absolute atomic E-state index is 0.724. The lowest BCUT2D eigenvalue weighted by atomic mass is 9.92. The van der Waals surface area contributed by atoms with Gasteiger partial charge < -0.3 is 0 Å². The summed E-state index contributed by atoms with van der Waals surface area (Å²) in [5, 5.41) is 9.20. The Hall–Kier alpha value is -1.59. The molecule has 1 nitrogen and oxygen atoms in total. The average Bonchev–Trinajstić information content (AvgIpc) is 2.40. The summed E-state index contributed by atoms with van der Waals surface area (Å²) in [4.78, 5) is 0. The number of hydrogen-bond acceptors (Lipinski definition) is 1. The topological polar surface area (TPSA) is 23.8 Å². The molecule has 0 saturated carbocycles. The SMILES string of the molecule is Cc1cc(-c2ccccc2C#N)c(C)c(C)c1Br. The summed E-state index contributed by atoms with van der Waals surface area (Å²) in [5.74, 6) is 0. The Labute approximate surface area is 116 Å². The average molecular weight is 300 g/mol. The first-order valence-electron chi connectivity index (χ1n) is 5.82. The zero-order valence-corrected chi connectivity index (χ0v) is 12.3. The van der Waals surface area contributed by atoms with Crippen molar-refractivity contribution < 1.29 is 0 Å². The van der Waals surface area contributed by atoms with Crippen LogP contribution < -0.4 is 0 Å². The van der Waals surface area contributed by atoms with E-state index >= 15 is 0 Å². The lowest BCUT2D eigenvalue weighted by molar-refractivity contribution is 1.27. The summed E-state index contributed by atoms with van der Waals surface area (Å²) in [6.45, 7) is 6.28. The predicted octanol–water partition coefficient (Wildman–Crippen LogP) is 4.91. The van der Waals surface area contributed by atoms with Crippen LogP contribution in [0.1, 0.15) is 22.3 Å². The fourth-order valence-electron chi connectivity index (χ4n) is 2.15. The molecule has 0 atom stereocenters. The summed E-state index contributed by atoms with van der Waals surface area (Å²) < 4.78 is 1.15. The van der Waals surface area contributed by atoms with Crippen LogP contribution in [0, 0.1) is 32.1 Å². The lowest BCUT2D eigenvalue weighted by Crippen LogP contribution is -1.94. The number of nitrogens with zero attached hydrogens (tertiary/aromatic N) is 1. The largest absolute Gasteiger partial charge is 0.192 e. The third kappa shape index (κ3) is 2.07. The monoisotopic (exact) mass is 299 g/mol. The van der Waals surface area contributed by atoms with Crippen LogP contribution in [0.15, 0.2) is 34.8 Å². The summed E-state index contributed by atoms with van der Waals surface area (Å²) in [6, 6.07) is 12.1. The number of hydrogen-bond donors (Lipinski definition) is 0. The van der Waals surface area contributed by atoms with Gasteiger partial charge in [0.25, 0.3) is 0 Å². The third-order valence-electron chi connectivity index (χ3n) is 3.34. The second-order valence-corrected chi connectivity index (χ2v) is 5.26. The molecule has 0 aliphatic carbocycles. The van der Waals surface area contributed by atoms with Gasteiger partial charge in [0.2, 0.25) is 0 Å². The van der Waals surface area contributed by atoms with E-state index in [1.54, 1.807) is 0 Å². The molecule has 90 valence electrons. The first-order valence-corrected chi connectivity index (χ1v) is 6.61. The molecule has 0 spiro atoms. The molecule has 2 aromatic rings. The maximum Gasteiger partial charge on any atom is 0.0998 e. The summed E-state index contributed by atoms with van der Waals surface area (Å²) >= 11 is 3.61.